The van der Waals surface area contributed by atoms with Gasteiger partial charge in [0.15, 0.2) is 0 Å². The zero-order valence-corrected chi connectivity index (χ0v) is 14.2. The second kappa shape index (κ2) is 7.30. The van der Waals surface area contributed by atoms with Crippen LogP contribution in [0.4, 0.5) is 0 Å². The number of amidine groups is 1. The van der Waals surface area contributed by atoms with E-state index in [-0.39, 0.29) is 5.92 Å². The Kier molecular flexibility index (Phi) is 4.94. The summed E-state index contributed by atoms with van der Waals surface area (Å²) in [6, 6.07) is 18.2. The molecule has 1 atom stereocenters. The normalized spacial score (nSPS) is 16.8. The number of nitrogens with one attached hydrogen (secondary N) is 1. The van der Waals surface area contributed by atoms with E-state index in [2.05, 4.69) is 19.1 Å². The molecular weight excluding hydrogens is 298 g/mol. The number of rotatable bonds is 5. The van der Waals surface area contributed by atoms with Gasteiger partial charge in [-0.2, -0.15) is 5.10 Å². The van der Waals surface area contributed by atoms with E-state index in [4.69, 9.17) is 15.2 Å². The molecule has 3 rings (SSSR count). The summed E-state index contributed by atoms with van der Waals surface area (Å²) in [6.07, 6.45) is 1.56. The molecular formula is C20H23N3O. The van der Waals surface area contributed by atoms with Crippen molar-refractivity contribution in [3.05, 3.63) is 65.7 Å². The van der Waals surface area contributed by atoms with Crippen molar-refractivity contribution in [2.75, 3.05) is 13.7 Å². The van der Waals surface area contributed by atoms with Crippen LogP contribution in [-0.2, 0) is 6.42 Å². The Morgan fingerprint density at radius 2 is 1.88 bits per heavy atom. The lowest BCUT2D eigenvalue weighted by Crippen LogP contribution is -2.25. The second-order valence-electron chi connectivity index (χ2n) is 6.10. The van der Waals surface area contributed by atoms with E-state index in [9.17, 15) is 0 Å². The summed E-state index contributed by atoms with van der Waals surface area (Å²) < 4.78 is 5.45. The van der Waals surface area contributed by atoms with Gasteiger partial charge in [-0.3, -0.25) is 10.4 Å². The molecule has 2 aromatic rings. The fourth-order valence-electron chi connectivity index (χ4n) is 3.00. The van der Waals surface area contributed by atoms with Crippen LogP contribution in [0.5, 0.6) is 5.75 Å². The molecule has 124 valence electrons. The van der Waals surface area contributed by atoms with Crippen LogP contribution in [0.2, 0.25) is 0 Å². The van der Waals surface area contributed by atoms with Crippen molar-refractivity contribution >= 4 is 11.5 Å². The van der Waals surface area contributed by atoms with Crippen molar-refractivity contribution in [1.82, 2.24) is 5.01 Å². The molecule has 0 saturated carbocycles. The van der Waals surface area contributed by atoms with E-state index in [1.54, 1.807) is 7.11 Å². The van der Waals surface area contributed by atoms with Gasteiger partial charge in [-0.25, -0.2) is 0 Å². The second-order valence-corrected chi connectivity index (χ2v) is 6.10. The number of ether oxygens (including phenoxy) is 1. The summed E-state index contributed by atoms with van der Waals surface area (Å²) in [4.78, 5) is 0. The molecule has 0 aromatic heterocycles. The minimum Gasteiger partial charge on any atom is -0.496 e. The fourth-order valence-corrected chi connectivity index (χ4v) is 3.00. The Balaban J connectivity index is 1.71. The Hall–Kier alpha value is -2.62. The van der Waals surface area contributed by atoms with Gasteiger partial charge in [-0.05, 0) is 24.1 Å². The number of aryl methyl sites for hydroxylation is 1. The van der Waals surface area contributed by atoms with Crippen LogP contribution in [0, 0.1) is 11.3 Å². The summed E-state index contributed by atoms with van der Waals surface area (Å²) in [5.41, 5.74) is 3.27. The average molecular weight is 321 g/mol. The highest BCUT2D eigenvalue weighted by molar-refractivity contribution is 6.06. The maximum absolute atomic E-state index is 8.36. The molecule has 1 aliphatic heterocycles. The molecule has 0 fully saturated rings. The Labute approximate surface area is 143 Å². The number of hydrazone groups is 1. The van der Waals surface area contributed by atoms with Crippen LogP contribution in [-0.4, -0.2) is 30.2 Å². The number of benzene rings is 2. The maximum atomic E-state index is 8.36. The highest BCUT2D eigenvalue weighted by atomic mass is 16.5. The van der Waals surface area contributed by atoms with Crippen molar-refractivity contribution in [2.24, 2.45) is 11.0 Å². The van der Waals surface area contributed by atoms with Gasteiger partial charge >= 0.3 is 0 Å². The third kappa shape index (κ3) is 3.48. The topological polar surface area (TPSA) is 48.7 Å². The molecule has 0 radical (unpaired) electrons. The first kappa shape index (κ1) is 16.2. The molecule has 24 heavy (non-hydrogen) atoms. The first-order valence-electron chi connectivity index (χ1n) is 8.30. The van der Waals surface area contributed by atoms with E-state index >= 15 is 0 Å². The van der Waals surface area contributed by atoms with E-state index in [1.165, 1.54) is 5.56 Å². The highest BCUT2D eigenvalue weighted by Crippen LogP contribution is 2.26. The van der Waals surface area contributed by atoms with Crippen LogP contribution in [0.3, 0.4) is 0 Å². The number of nitrogens with zero attached hydrogens (tertiary/aromatic N) is 2. The molecule has 4 nitrogen and oxygen atoms in total. The lowest BCUT2D eigenvalue weighted by molar-refractivity contribution is 0.413. The quantitative estimate of drug-likeness (QED) is 0.669. The summed E-state index contributed by atoms with van der Waals surface area (Å²) >= 11 is 0. The van der Waals surface area contributed by atoms with E-state index in [1.807, 2.05) is 47.5 Å². The standard InChI is InChI=1S/C20H23N3O/c1-15-14-23(19(21)13-12-16-8-4-3-5-9-16)22-20(15)17-10-6-7-11-18(17)24-2/h3-11,15,21H,12-14H2,1-2H3. The van der Waals surface area contributed by atoms with Crippen LogP contribution in [0.15, 0.2) is 59.7 Å². The number of hydrogen-bond donors (Lipinski definition) is 1. The molecule has 0 bridgehead atoms. The molecule has 1 heterocycles. The van der Waals surface area contributed by atoms with Gasteiger partial charge in [-0.15, -0.1) is 0 Å². The largest absolute Gasteiger partial charge is 0.496 e. The van der Waals surface area contributed by atoms with Gasteiger partial charge in [0.2, 0.25) is 0 Å². The molecule has 0 spiro atoms. The summed E-state index contributed by atoms with van der Waals surface area (Å²) in [5.74, 6) is 1.68. The first-order chi connectivity index (χ1) is 11.7. The zero-order chi connectivity index (χ0) is 16.9. The van der Waals surface area contributed by atoms with Crippen molar-refractivity contribution in [3.63, 3.8) is 0 Å². The van der Waals surface area contributed by atoms with Gasteiger partial charge in [0.05, 0.1) is 19.4 Å². The predicted octanol–water partition coefficient (Wildman–Crippen LogP) is 3.96. The highest BCUT2D eigenvalue weighted by Gasteiger charge is 2.27. The van der Waals surface area contributed by atoms with Gasteiger partial charge in [0.1, 0.15) is 11.6 Å². The Morgan fingerprint density at radius 3 is 2.62 bits per heavy atom. The predicted molar refractivity (Wildman–Crippen MR) is 97.9 cm³/mol. The minimum absolute atomic E-state index is 0.276. The van der Waals surface area contributed by atoms with E-state index in [0.29, 0.717) is 12.3 Å². The number of hydrogen-bond acceptors (Lipinski definition) is 3. The van der Waals surface area contributed by atoms with Gasteiger partial charge in [0, 0.05) is 17.9 Å². The van der Waals surface area contributed by atoms with E-state index in [0.717, 1.165) is 30.0 Å². The van der Waals surface area contributed by atoms with Crippen LogP contribution >= 0.6 is 0 Å². The van der Waals surface area contributed by atoms with Gasteiger partial charge in [-0.1, -0.05) is 49.4 Å². The SMILES string of the molecule is COc1ccccc1C1=NN(C(=N)CCc2ccccc2)CC1C. The molecule has 2 aromatic carbocycles. The summed E-state index contributed by atoms with van der Waals surface area (Å²) in [6.45, 7) is 2.90. The van der Waals surface area contributed by atoms with Crippen molar-refractivity contribution in [2.45, 2.75) is 19.8 Å². The number of para-hydroxylation sites is 1. The smallest absolute Gasteiger partial charge is 0.127 e. The van der Waals surface area contributed by atoms with Crippen molar-refractivity contribution in [3.8, 4) is 5.75 Å². The Morgan fingerprint density at radius 1 is 1.17 bits per heavy atom. The first-order valence-corrected chi connectivity index (χ1v) is 8.30. The molecule has 0 amide bonds. The minimum atomic E-state index is 0.276. The van der Waals surface area contributed by atoms with Gasteiger partial charge in [0.25, 0.3) is 0 Å². The zero-order valence-electron chi connectivity index (χ0n) is 14.2. The van der Waals surface area contributed by atoms with Crippen LogP contribution in [0.25, 0.3) is 0 Å². The molecule has 1 aliphatic rings. The van der Waals surface area contributed by atoms with Crippen molar-refractivity contribution in [1.29, 1.82) is 5.41 Å². The lowest BCUT2D eigenvalue weighted by Gasteiger charge is -2.15. The van der Waals surface area contributed by atoms with Gasteiger partial charge < -0.3 is 4.74 Å². The molecule has 0 saturated heterocycles. The summed E-state index contributed by atoms with van der Waals surface area (Å²) in [7, 11) is 1.68. The van der Waals surface area contributed by atoms with E-state index < -0.39 is 0 Å². The fraction of sp³-hybridized carbons (Fsp3) is 0.300. The average Bonchev–Trinajstić information content (AvgIpc) is 3.02. The molecule has 1 N–H and O–H groups in total. The molecule has 4 heteroatoms. The third-order valence-electron chi connectivity index (χ3n) is 4.33. The van der Waals surface area contributed by atoms with Crippen LogP contribution in [0.1, 0.15) is 24.5 Å². The molecule has 1 unspecified atom stereocenters. The number of methoxy groups -OCH3 is 1. The lowest BCUT2D eigenvalue weighted by atomic mass is 9.98. The van der Waals surface area contributed by atoms with Crippen LogP contribution < -0.4 is 4.74 Å². The monoisotopic (exact) mass is 321 g/mol. The van der Waals surface area contributed by atoms with Crippen molar-refractivity contribution < 1.29 is 4.74 Å². The maximum Gasteiger partial charge on any atom is 0.127 e. The molecule has 0 aliphatic carbocycles. The third-order valence-corrected chi connectivity index (χ3v) is 4.33. The summed E-state index contributed by atoms with van der Waals surface area (Å²) in [5, 5.41) is 14.9. The Bertz CT molecular complexity index is 740.